The Bertz CT molecular complexity index is 164. The van der Waals surface area contributed by atoms with E-state index in [0.717, 1.165) is 5.71 Å². The molecule has 4 heteroatoms. The molecule has 0 amide bonds. The monoisotopic (exact) mass is 145 g/mol. The maximum absolute atomic E-state index is 5.55. The summed E-state index contributed by atoms with van der Waals surface area (Å²) in [5, 5.41) is 0. The molecule has 0 saturated carbocycles. The maximum Gasteiger partial charge on any atom is 0.187 e. The average molecular weight is 146 g/mol. The van der Waals surface area contributed by atoms with Gasteiger partial charge in [0.2, 0.25) is 0 Å². The first-order chi connectivity index (χ1) is 4.20. The van der Waals surface area contributed by atoms with Crippen LogP contribution in [0.2, 0.25) is 0 Å². The summed E-state index contributed by atoms with van der Waals surface area (Å²) in [6, 6.07) is 0. The van der Waals surface area contributed by atoms with Crippen LogP contribution in [-0.2, 0) is 0 Å². The zero-order valence-electron chi connectivity index (χ0n) is 5.08. The third kappa shape index (κ3) is 1.43. The van der Waals surface area contributed by atoms with Gasteiger partial charge in [0.15, 0.2) is 6.29 Å². The second-order valence-electron chi connectivity index (χ2n) is 1.84. The topological polar surface area (TPSA) is 41.6 Å². The van der Waals surface area contributed by atoms with Crippen LogP contribution in [0.1, 0.15) is 6.92 Å². The molecule has 0 spiro atoms. The van der Waals surface area contributed by atoms with Crippen LogP contribution in [0.5, 0.6) is 0 Å². The second kappa shape index (κ2) is 2.37. The van der Waals surface area contributed by atoms with Gasteiger partial charge in [0.25, 0.3) is 0 Å². The van der Waals surface area contributed by atoms with Crippen molar-refractivity contribution in [2.45, 2.75) is 13.2 Å². The van der Waals surface area contributed by atoms with Crippen LogP contribution in [-0.4, -0.2) is 16.4 Å². The van der Waals surface area contributed by atoms with E-state index < -0.39 is 6.29 Å². The molecule has 3 nitrogen and oxygen atoms in total. The normalized spacial score (nSPS) is 26.3. The predicted octanol–water partition coefficient (Wildman–Crippen LogP) is 0.673. The van der Waals surface area contributed by atoms with Gasteiger partial charge in [0.1, 0.15) is 0 Å². The van der Waals surface area contributed by atoms with Gasteiger partial charge in [-0.05, 0) is 13.0 Å². The molecule has 0 aromatic carbocycles. The molecule has 1 aliphatic rings. The van der Waals surface area contributed by atoms with Gasteiger partial charge in [-0.1, -0.05) is 0 Å². The Morgan fingerprint density at radius 3 is 3.00 bits per heavy atom. The molecule has 2 N–H and O–H groups in total. The molecule has 0 radical (unpaired) electrons. The van der Waals surface area contributed by atoms with Gasteiger partial charge in [-0.3, -0.25) is 10.2 Å². The Hall–Kier alpha value is -0.540. The van der Waals surface area contributed by atoms with Crippen molar-refractivity contribution in [1.82, 2.24) is 4.42 Å². The Kier molecular flexibility index (Phi) is 1.73. The molecule has 0 aromatic rings. The molecule has 0 aliphatic carbocycles. The van der Waals surface area contributed by atoms with Crippen molar-refractivity contribution in [1.29, 1.82) is 0 Å². The third-order valence-electron chi connectivity index (χ3n) is 1.05. The quantitative estimate of drug-likeness (QED) is 0.509. The van der Waals surface area contributed by atoms with E-state index in [4.69, 9.17) is 17.5 Å². The Morgan fingerprint density at radius 1 is 1.89 bits per heavy atom. The minimum absolute atomic E-state index is 0.420. The SMILES string of the molecule is CC1=NC(N)N(Cl)C=C1. The van der Waals surface area contributed by atoms with Crippen molar-refractivity contribution in [3.63, 3.8) is 0 Å². The Morgan fingerprint density at radius 2 is 2.56 bits per heavy atom. The zero-order chi connectivity index (χ0) is 6.85. The molecule has 0 bridgehead atoms. The molecule has 0 fully saturated rings. The van der Waals surface area contributed by atoms with Gasteiger partial charge in [-0.25, -0.2) is 4.99 Å². The van der Waals surface area contributed by atoms with E-state index in [0.29, 0.717) is 0 Å². The van der Waals surface area contributed by atoms with Gasteiger partial charge in [-0.15, -0.1) is 0 Å². The van der Waals surface area contributed by atoms with E-state index >= 15 is 0 Å². The lowest BCUT2D eigenvalue weighted by Gasteiger charge is -2.19. The summed E-state index contributed by atoms with van der Waals surface area (Å²) in [7, 11) is 0. The van der Waals surface area contributed by atoms with E-state index in [1.807, 2.05) is 6.92 Å². The van der Waals surface area contributed by atoms with E-state index in [1.165, 1.54) is 4.42 Å². The van der Waals surface area contributed by atoms with Gasteiger partial charge in [0.05, 0.1) is 0 Å². The lowest BCUT2D eigenvalue weighted by Crippen LogP contribution is -2.32. The van der Waals surface area contributed by atoms with Crippen molar-refractivity contribution in [2.24, 2.45) is 10.7 Å². The minimum Gasteiger partial charge on any atom is -0.291 e. The van der Waals surface area contributed by atoms with E-state index in [-0.39, 0.29) is 0 Å². The largest absolute Gasteiger partial charge is 0.291 e. The van der Waals surface area contributed by atoms with Crippen molar-refractivity contribution in [3.05, 3.63) is 12.3 Å². The van der Waals surface area contributed by atoms with E-state index in [9.17, 15) is 0 Å². The fraction of sp³-hybridized carbons (Fsp3) is 0.400. The van der Waals surface area contributed by atoms with Gasteiger partial charge in [-0.2, -0.15) is 0 Å². The third-order valence-corrected chi connectivity index (χ3v) is 1.36. The summed E-state index contributed by atoms with van der Waals surface area (Å²) in [5.41, 5.74) is 6.33. The standard InChI is InChI=1S/C5H8ClN3/c1-4-2-3-9(6)5(7)8-4/h2-3,5H,7H2,1H3. The fourth-order valence-electron chi connectivity index (χ4n) is 0.574. The molecule has 50 valence electrons. The van der Waals surface area contributed by atoms with Crippen LogP contribution in [0.3, 0.4) is 0 Å². The van der Waals surface area contributed by atoms with Crippen molar-refractivity contribution in [3.8, 4) is 0 Å². The van der Waals surface area contributed by atoms with Crippen molar-refractivity contribution >= 4 is 17.5 Å². The number of hydrogen-bond donors (Lipinski definition) is 1. The molecule has 9 heavy (non-hydrogen) atoms. The van der Waals surface area contributed by atoms with Gasteiger partial charge < -0.3 is 0 Å². The Balaban J connectivity index is 2.70. The highest BCUT2D eigenvalue weighted by Gasteiger charge is 2.08. The first kappa shape index (κ1) is 6.58. The molecule has 1 unspecified atom stereocenters. The molecule has 1 heterocycles. The van der Waals surface area contributed by atoms with Gasteiger partial charge in [0, 0.05) is 23.7 Å². The summed E-state index contributed by atoms with van der Waals surface area (Å²) in [6.45, 7) is 1.88. The molecular formula is C5H8ClN3. The smallest absolute Gasteiger partial charge is 0.187 e. The predicted molar refractivity (Wildman–Crippen MR) is 37.9 cm³/mol. The summed E-state index contributed by atoms with van der Waals surface area (Å²) < 4.78 is 1.33. The summed E-state index contributed by atoms with van der Waals surface area (Å²) >= 11 is 5.55. The minimum atomic E-state index is -0.420. The number of rotatable bonds is 0. The highest BCUT2D eigenvalue weighted by atomic mass is 35.5. The number of halogens is 1. The summed E-state index contributed by atoms with van der Waals surface area (Å²) in [6.07, 6.45) is 3.07. The van der Waals surface area contributed by atoms with E-state index in [2.05, 4.69) is 4.99 Å². The number of hydrogen-bond acceptors (Lipinski definition) is 3. The highest BCUT2D eigenvalue weighted by molar-refractivity contribution is 6.14. The summed E-state index contributed by atoms with van der Waals surface area (Å²) in [5.74, 6) is 0. The van der Waals surface area contributed by atoms with Crippen LogP contribution in [0, 0.1) is 0 Å². The zero-order valence-corrected chi connectivity index (χ0v) is 5.84. The van der Waals surface area contributed by atoms with Crippen LogP contribution in [0.25, 0.3) is 0 Å². The number of aliphatic imine (C=N–C) groups is 1. The molecular weight excluding hydrogens is 138 g/mol. The highest BCUT2D eigenvalue weighted by Crippen LogP contribution is 2.06. The van der Waals surface area contributed by atoms with Crippen molar-refractivity contribution in [2.75, 3.05) is 0 Å². The van der Waals surface area contributed by atoms with Crippen molar-refractivity contribution < 1.29 is 0 Å². The number of nitrogens with zero attached hydrogens (tertiary/aromatic N) is 2. The fourth-order valence-corrected chi connectivity index (χ4v) is 0.674. The lowest BCUT2D eigenvalue weighted by molar-refractivity contribution is 0.451. The first-order valence-electron chi connectivity index (χ1n) is 2.62. The summed E-state index contributed by atoms with van der Waals surface area (Å²) in [4.78, 5) is 3.97. The number of nitrogens with two attached hydrogens (primary N) is 1. The second-order valence-corrected chi connectivity index (χ2v) is 2.23. The number of allylic oxidation sites excluding steroid dienone is 1. The average Bonchev–Trinajstić information content (AvgIpc) is 1.80. The molecule has 1 rings (SSSR count). The van der Waals surface area contributed by atoms with Crippen LogP contribution >= 0.6 is 11.8 Å². The first-order valence-corrected chi connectivity index (χ1v) is 2.96. The molecule has 0 aromatic heterocycles. The molecule has 1 aliphatic heterocycles. The van der Waals surface area contributed by atoms with Crippen LogP contribution < -0.4 is 5.73 Å². The maximum atomic E-state index is 5.55. The Labute approximate surface area is 58.9 Å². The van der Waals surface area contributed by atoms with Crippen LogP contribution in [0.4, 0.5) is 0 Å². The lowest BCUT2D eigenvalue weighted by atomic mass is 10.4. The van der Waals surface area contributed by atoms with E-state index in [1.54, 1.807) is 12.3 Å². The van der Waals surface area contributed by atoms with Crippen LogP contribution in [0.15, 0.2) is 17.3 Å². The van der Waals surface area contributed by atoms with Gasteiger partial charge >= 0.3 is 0 Å². The molecule has 1 atom stereocenters. The molecule has 0 saturated heterocycles.